The molecule has 0 aliphatic carbocycles. The molecule has 2 aromatic carbocycles. The first-order chi connectivity index (χ1) is 15.2. The van der Waals surface area contributed by atoms with Gasteiger partial charge in [0.25, 0.3) is 0 Å². The maximum Gasteiger partial charge on any atom is 0.218 e. The van der Waals surface area contributed by atoms with Gasteiger partial charge < -0.3 is 0 Å². The zero-order chi connectivity index (χ0) is 22.9. The van der Waals surface area contributed by atoms with Crippen LogP contribution in [0.1, 0.15) is 40.4 Å². The van der Waals surface area contributed by atoms with Crippen LogP contribution < -0.4 is 4.72 Å². The van der Waals surface area contributed by atoms with Crippen LogP contribution in [-0.4, -0.2) is 47.5 Å². The lowest BCUT2D eigenvalue weighted by atomic mass is 10.00. The predicted molar refractivity (Wildman–Crippen MR) is 119 cm³/mol. The lowest BCUT2D eigenvalue weighted by molar-refractivity contribution is 0.0970. The number of hydrogen-bond donors (Lipinski definition) is 1. The van der Waals surface area contributed by atoms with Gasteiger partial charge in [0.15, 0.2) is 5.82 Å². The van der Waals surface area contributed by atoms with Crippen LogP contribution in [-0.2, 0) is 16.6 Å². The number of benzene rings is 2. The number of nitrogens with one attached hydrogen (secondary N) is 1. The van der Waals surface area contributed by atoms with Gasteiger partial charge in [0.2, 0.25) is 21.6 Å². The van der Waals surface area contributed by atoms with Crippen molar-refractivity contribution in [2.24, 2.45) is 4.99 Å². The van der Waals surface area contributed by atoms with E-state index in [2.05, 4.69) is 19.8 Å². The first kappa shape index (κ1) is 22.3. The van der Waals surface area contributed by atoms with Crippen molar-refractivity contribution in [2.75, 3.05) is 12.8 Å². The number of ketones is 1. The van der Waals surface area contributed by atoms with Crippen molar-refractivity contribution >= 4 is 33.1 Å². The minimum Gasteiger partial charge on any atom is -0.291 e. The molecule has 3 aromatic rings. The molecule has 1 N–H and O–H groups in total. The number of rotatable bonds is 7. The van der Waals surface area contributed by atoms with Crippen molar-refractivity contribution < 1.29 is 17.6 Å². The molecule has 2 heterocycles. The van der Waals surface area contributed by atoms with Gasteiger partial charge in [-0.1, -0.05) is 23.7 Å². The van der Waals surface area contributed by atoms with E-state index in [9.17, 15) is 17.6 Å². The van der Waals surface area contributed by atoms with E-state index in [0.29, 0.717) is 39.8 Å². The fraction of sp³-hybridized carbons (Fsp3) is 0.238. The molecule has 0 spiro atoms. The molecule has 0 atom stereocenters. The number of hydrogen-bond acceptors (Lipinski definition) is 6. The van der Waals surface area contributed by atoms with Gasteiger partial charge in [-0.3, -0.25) is 9.79 Å². The smallest absolute Gasteiger partial charge is 0.218 e. The summed E-state index contributed by atoms with van der Waals surface area (Å²) >= 11 is 6.21. The van der Waals surface area contributed by atoms with Crippen LogP contribution in [0.25, 0.3) is 5.69 Å². The Morgan fingerprint density at radius 1 is 1.22 bits per heavy atom. The van der Waals surface area contributed by atoms with Crippen molar-refractivity contribution in [1.82, 2.24) is 19.5 Å². The third-order valence-corrected chi connectivity index (χ3v) is 5.78. The Morgan fingerprint density at radius 2 is 2.00 bits per heavy atom. The minimum absolute atomic E-state index is 0.0183. The number of aromatic nitrogens is 3. The average molecular weight is 476 g/mol. The van der Waals surface area contributed by atoms with E-state index in [1.54, 1.807) is 36.4 Å². The Kier molecular flexibility index (Phi) is 6.18. The summed E-state index contributed by atoms with van der Waals surface area (Å²) < 4.78 is 40.6. The minimum atomic E-state index is -3.31. The highest BCUT2D eigenvalue weighted by molar-refractivity contribution is 7.88. The number of Topliss-reactive ketones (excluding diaryl/α,β-unsaturated/α-hetero) is 1. The molecule has 1 aromatic heterocycles. The standard InChI is InChI=1S/C21H19ClFN5O3S/c1-32(30,31)25-10-4-7-18(29)21-26-19-12-24-20(14-5-2-3-6-16(14)23)15-11-13(22)8-9-17(15)28(19)27-21/h2-3,5-6,8-9,11,25H,4,7,10,12H2,1H3. The van der Waals surface area contributed by atoms with Crippen LogP contribution in [0.2, 0.25) is 5.02 Å². The van der Waals surface area contributed by atoms with Gasteiger partial charge in [0.1, 0.15) is 5.82 Å². The summed E-state index contributed by atoms with van der Waals surface area (Å²) in [4.78, 5) is 21.4. The third kappa shape index (κ3) is 4.77. The largest absolute Gasteiger partial charge is 0.291 e. The Bertz CT molecular complexity index is 1340. The van der Waals surface area contributed by atoms with Crippen molar-refractivity contribution in [3.05, 3.63) is 76.1 Å². The van der Waals surface area contributed by atoms with Crippen molar-refractivity contribution in [1.29, 1.82) is 0 Å². The van der Waals surface area contributed by atoms with E-state index in [0.717, 1.165) is 6.26 Å². The van der Waals surface area contributed by atoms with Crippen LogP contribution in [0.15, 0.2) is 47.5 Å². The maximum absolute atomic E-state index is 14.5. The van der Waals surface area contributed by atoms with Gasteiger partial charge in [-0.15, -0.1) is 5.10 Å². The van der Waals surface area contributed by atoms with E-state index in [4.69, 9.17) is 11.6 Å². The number of halogens is 2. The predicted octanol–water partition coefficient (Wildman–Crippen LogP) is 2.92. The van der Waals surface area contributed by atoms with Gasteiger partial charge >= 0.3 is 0 Å². The monoisotopic (exact) mass is 475 g/mol. The summed E-state index contributed by atoms with van der Waals surface area (Å²) in [5.74, 6) is -0.278. The first-order valence-electron chi connectivity index (χ1n) is 9.76. The van der Waals surface area contributed by atoms with Crippen LogP contribution in [0, 0.1) is 5.82 Å². The molecule has 0 bridgehead atoms. The van der Waals surface area contributed by atoms with E-state index in [-0.39, 0.29) is 31.1 Å². The van der Waals surface area contributed by atoms with Crippen LogP contribution in [0.4, 0.5) is 4.39 Å². The van der Waals surface area contributed by atoms with E-state index in [1.165, 1.54) is 10.7 Å². The molecule has 0 fully saturated rings. The SMILES string of the molecule is CS(=O)(=O)NCCCC(=O)c1nc2n(n1)-c1ccc(Cl)cc1C(c1ccccc1F)=NC2. The molecule has 11 heteroatoms. The van der Waals surface area contributed by atoms with Crippen LogP contribution in [0.5, 0.6) is 0 Å². The fourth-order valence-electron chi connectivity index (χ4n) is 3.38. The summed E-state index contributed by atoms with van der Waals surface area (Å²) in [6.07, 6.45) is 1.46. The molecule has 0 saturated carbocycles. The lowest BCUT2D eigenvalue weighted by Crippen LogP contribution is -2.23. The average Bonchev–Trinajstić information content (AvgIpc) is 3.10. The van der Waals surface area contributed by atoms with Gasteiger partial charge in [-0.2, -0.15) is 0 Å². The topological polar surface area (TPSA) is 106 Å². The second kappa shape index (κ2) is 8.89. The second-order valence-corrected chi connectivity index (χ2v) is 9.53. The number of nitrogens with zero attached hydrogens (tertiary/aromatic N) is 4. The number of carbonyl (C=O) groups is 1. The molecular formula is C21H19ClFN5O3S. The van der Waals surface area contributed by atoms with Gasteiger partial charge in [-0.25, -0.2) is 27.2 Å². The van der Waals surface area contributed by atoms with Crippen molar-refractivity contribution in [3.63, 3.8) is 0 Å². The van der Waals surface area contributed by atoms with Crippen LogP contribution in [0.3, 0.4) is 0 Å². The van der Waals surface area contributed by atoms with Crippen LogP contribution >= 0.6 is 11.6 Å². The second-order valence-electron chi connectivity index (χ2n) is 7.26. The zero-order valence-electron chi connectivity index (χ0n) is 17.0. The fourth-order valence-corrected chi connectivity index (χ4v) is 4.06. The molecular weight excluding hydrogens is 457 g/mol. The summed E-state index contributed by atoms with van der Waals surface area (Å²) in [7, 11) is -3.31. The summed E-state index contributed by atoms with van der Waals surface area (Å²) in [6.45, 7) is 0.238. The van der Waals surface area contributed by atoms with Gasteiger partial charge in [0.05, 0.1) is 24.2 Å². The molecule has 0 unspecified atom stereocenters. The highest BCUT2D eigenvalue weighted by atomic mass is 35.5. The molecule has 8 nitrogen and oxygen atoms in total. The molecule has 166 valence electrons. The van der Waals surface area contributed by atoms with Gasteiger partial charge in [-0.05, 0) is 36.8 Å². The summed E-state index contributed by atoms with van der Waals surface area (Å²) in [5, 5.41) is 4.82. The molecule has 32 heavy (non-hydrogen) atoms. The summed E-state index contributed by atoms with van der Waals surface area (Å²) in [5.41, 5.74) is 1.90. The Labute approximate surface area is 189 Å². The molecule has 0 radical (unpaired) electrons. The molecule has 0 amide bonds. The van der Waals surface area contributed by atoms with E-state index in [1.807, 2.05) is 0 Å². The first-order valence-corrected chi connectivity index (χ1v) is 12.0. The van der Waals surface area contributed by atoms with E-state index < -0.39 is 15.8 Å². The lowest BCUT2D eigenvalue weighted by Gasteiger charge is -2.11. The number of carbonyl (C=O) groups excluding carboxylic acids is 1. The molecule has 1 aliphatic rings. The van der Waals surface area contributed by atoms with Gasteiger partial charge in [0, 0.05) is 29.1 Å². The Hall–Kier alpha value is -2.95. The quantitative estimate of drug-likeness (QED) is 0.417. The third-order valence-electron chi connectivity index (χ3n) is 4.82. The Balaban J connectivity index is 1.66. The highest BCUT2D eigenvalue weighted by Gasteiger charge is 2.25. The normalized spacial score (nSPS) is 13.2. The summed E-state index contributed by atoms with van der Waals surface area (Å²) in [6, 6.07) is 11.4. The molecule has 1 aliphatic heterocycles. The number of aliphatic imine (C=N–C) groups is 1. The highest BCUT2D eigenvalue weighted by Crippen LogP contribution is 2.28. The number of sulfonamides is 1. The number of fused-ring (bicyclic) bond motifs is 3. The molecule has 4 rings (SSSR count). The Morgan fingerprint density at radius 3 is 2.75 bits per heavy atom. The zero-order valence-corrected chi connectivity index (χ0v) is 18.6. The molecule has 0 saturated heterocycles. The maximum atomic E-state index is 14.5. The van der Waals surface area contributed by atoms with E-state index >= 15 is 0 Å². The van der Waals surface area contributed by atoms with Crippen molar-refractivity contribution in [3.8, 4) is 5.69 Å². The van der Waals surface area contributed by atoms with Crippen molar-refractivity contribution in [2.45, 2.75) is 19.4 Å².